The number of aromatic amines is 1. The van der Waals surface area contributed by atoms with E-state index in [-0.39, 0.29) is 0 Å². The normalized spacial score (nSPS) is 9.45. The number of nitrogens with zero attached hydrogens (tertiary/aromatic N) is 1. The number of rotatable bonds is 2. The Labute approximate surface area is 65.8 Å². The minimum Gasteiger partial charge on any atom is -0.396 e. The van der Waals surface area contributed by atoms with Gasteiger partial charge in [0.25, 0.3) is 0 Å². The van der Waals surface area contributed by atoms with E-state index in [1.807, 2.05) is 6.07 Å². The highest BCUT2D eigenvalue weighted by Crippen LogP contribution is 2.16. The van der Waals surface area contributed by atoms with Crippen molar-refractivity contribution in [3.63, 3.8) is 0 Å². The lowest BCUT2D eigenvalue weighted by molar-refractivity contribution is 0.925. The average Bonchev–Trinajstić information content (AvgIpc) is 2.34. The SMILES string of the molecule is CCCc1c[nH]c(C#N)c1N. The van der Waals surface area contributed by atoms with E-state index in [2.05, 4.69) is 11.9 Å². The highest BCUT2D eigenvalue weighted by molar-refractivity contribution is 5.56. The maximum Gasteiger partial charge on any atom is 0.141 e. The van der Waals surface area contributed by atoms with E-state index < -0.39 is 0 Å². The van der Waals surface area contributed by atoms with Gasteiger partial charge < -0.3 is 10.7 Å². The summed E-state index contributed by atoms with van der Waals surface area (Å²) in [6, 6.07) is 1.99. The predicted molar refractivity (Wildman–Crippen MR) is 43.9 cm³/mol. The zero-order valence-corrected chi connectivity index (χ0v) is 6.52. The van der Waals surface area contributed by atoms with Crippen LogP contribution in [-0.4, -0.2) is 4.98 Å². The van der Waals surface area contributed by atoms with E-state index in [1.54, 1.807) is 6.20 Å². The van der Waals surface area contributed by atoms with Crippen LogP contribution < -0.4 is 5.73 Å². The van der Waals surface area contributed by atoms with Crippen molar-refractivity contribution in [3.05, 3.63) is 17.5 Å². The highest BCUT2D eigenvalue weighted by Gasteiger charge is 2.04. The molecule has 1 aromatic rings. The van der Waals surface area contributed by atoms with Crippen LogP contribution in [0.15, 0.2) is 6.20 Å². The molecule has 0 saturated carbocycles. The van der Waals surface area contributed by atoms with E-state index >= 15 is 0 Å². The number of nitrogens with one attached hydrogen (secondary N) is 1. The Morgan fingerprint density at radius 3 is 2.91 bits per heavy atom. The van der Waals surface area contributed by atoms with Gasteiger partial charge in [-0.3, -0.25) is 0 Å². The molecular formula is C8H11N3. The van der Waals surface area contributed by atoms with E-state index in [9.17, 15) is 0 Å². The van der Waals surface area contributed by atoms with Crippen LogP contribution in [-0.2, 0) is 6.42 Å². The lowest BCUT2D eigenvalue weighted by atomic mass is 10.1. The van der Waals surface area contributed by atoms with Crippen molar-refractivity contribution in [1.82, 2.24) is 4.98 Å². The van der Waals surface area contributed by atoms with Crippen LogP contribution in [0.3, 0.4) is 0 Å². The molecule has 3 heteroatoms. The molecule has 0 saturated heterocycles. The average molecular weight is 149 g/mol. The summed E-state index contributed by atoms with van der Waals surface area (Å²) in [5.74, 6) is 0. The van der Waals surface area contributed by atoms with Crippen LogP contribution in [0.4, 0.5) is 5.69 Å². The number of aryl methyl sites for hydroxylation is 1. The first kappa shape index (κ1) is 7.67. The van der Waals surface area contributed by atoms with Gasteiger partial charge in [-0.15, -0.1) is 0 Å². The number of hydrogen-bond donors (Lipinski definition) is 2. The maximum atomic E-state index is 8.54. The smallest absolute Gasteiger partial charge is 0.141 e. The first-order valence-electron chi connectivity index (χ1n) is 3.65. The van der Waals surface area contributed by atoms with Gasteiger partial charge in [0.2, 0.25) is 0 Å². The molecule has 0 aromatic carbocycles. The van der Waals surface area contributed by atoms with Gasteiger partial charge in [0.15, 0.2) is 0 Å². The van der Waals surface area contributed by atoms with Crippen molar-refractivity contribution in [2.75, 3.05) is 5.73 Å². The Bertz CT molecular complexity index is 280. The predicted octanol–water partition coefficient (Wildman–Crippen LogP) is 1.42. The standard InChI is InChI=1S/C8H11N3/c1-2-3-6-5-11-7(4-9)8(6)10/h5,11H,2-3,10H2,1H3. The molecule has 11 heavy (non-hydrogen) atoms. The number of anilines is 1. The van der Waals surface area contributed by atoms with Crippen LogP contribution in [0.5, 0.6) is 0 Å². The molecule has 0 fully saturated rings. The minimum absolute atomic E-state index is 0.480. The Morgan fingerprint density at radius 2 is 2.45 bits per heavy atom. The van der Waals surface area contributed by atoms with Crippen LogP contribution in [0, 0.1) is 11.3 Å². The van der Waals surface area contributed by atoms with Crippen molar-refractivity contribution >= 4 is 5.69 Å². The molecule has 0 radical (unpaired) electrons. The summed E-state index contributed by atoms with van der Waals surface area (Å²) in [6.07, 6.45) is 3.79. The minimum atomic E-state index is 0.480. The first-order valence-corrected chi connectivity index (χ1v) is 3.65. The zero-order chi connectivity index (χ0) is 8.27. The molecule has 0 aliphatic heterocycles. The maximum absolute atomic E-state index is 8.54. The van der Waals surface area contributed by atoms with Crippen LogP contribution in [0.25, 0.3) is 0 Å². The molecule has 0 atom stereocenters. The van der Waals surface area contributed by atoms with Gasteiger partial charge in [0.1, 0.15) is 11.8 Å². The number of nitriles is 1. The zero-order valence-electron chi connectivity index (χ0n) is 6.52. The Morgan fingerprint density at radius 1 is 1.73 bits per heavy atom. The molecule has 58 valence electrons. The van der Waals surface area contributed by atoms with Gasteiger partial charge in [-0.05, 0) is 12.0 Å². The molecule has 0 aliphatic rings. The molecule has 3 nitrogen and oxygen atoms in total. The Balaban J connectivity index is 2.93. The molecule has 0 unspecified atom stereocenters. The summed E-state index contributed by atoms with van der Waals surface area (Å²) in [4.78, 5) is 2.82. The fourth-order valence-electron chi connectivity index (χ4n) is 1.04. The summed E-state index contributed by atoms with van der Waals surface area (Å²) in [5.41, 5.74) is 7.78. The van der Waals surface area contributed by atoms with Crippen molar-refractivity contribution in [2.24, 2.45) is 0 Å². The second-order valence-electron chi connectivity index (χ2n) is 2.46. The Kier molecular flexibility index (Phi) is 2.17. The Hall–Kier alpha value is -1.43. The van der Waals surface area contributed by atoms with Gasteiger partial charge >= 0.3 is 0 Å². The summed E-state index contributed by atoms with van der Waals surface area (Å²) in [7, 11) is 0. The number of nitrogens with two attached hydrogens (primary N) is 1. The van der Waals surface area contributed by atoms with E-state index in [0.717, 1.165) is 18.4 Å². The van der Waals surface area contributed by atoms with Gasteiger partial charge in [-0.1, -0.05) is 13.3 Å². The third-order valence-corrected chi connectivity index (χ3v) is 1.64. The monoisotopic (exact) mass is 149 g/mol. The summed E-state index contributed by atoms with van der Waals surface area (Å²) >= 11 is 0. The van der Waals surface area contributed by atoms with Crippen molar-refractivity contribution < 1.29 is 0 Å². The molecule has 1 rings (SSSR count). The number of H-pyrrole nitrogens is 1. The molecule has 0 amide bonds. The van der Waals surface area contributed by atoms with Crippen molar-refractivity contribution in [3.8, 4) is 6.07 Å². The van der Waals surface area contributed by atoms with Crippen LogP contribution in [0.2, 0.25) is 0 Å². The lowest BCUT2D eigenvalue weighted by Gasteiger charge is -1.93. The molecule has 1 aromatic heterocycles. The summed E-state index contributed by atoms with van der Waals surface area (Å²) < 4.78 is 0. The van der Waals surface area contributed by atoms with Crippen molar-refractivity contribution in [1.29, 1.82) is 5.26 Å². The molecule has 0 bridgehead atoms. The molecule has 0 spiro atoms. The third kappa shape index (κ3) is 1.35. The summed E-state index contributed by atoms with van der Waals surface area (Å²) in [5, 5.41) is 8.54. The second kappa shape index (κ2) is 3.11. The number of hydrogen-bond acceptors (Lipinski definition) is 2. The van der Waals surface area contributed by atoms with Gasteiger partial charge in [-0.25, -0.2) is 0 Å². The van der Waals surface area contributed by atoms with Gasteiger partial charge in [-0.2, -0.15) is 5.26 Å². The third-order valence-electron chi connectivity index (χ3n) is 1.64. The van der Waals surface area contributed by atoms with Crippen LogP contribution in [0.1, 0.15) is 24.6 Å². The topological polar surface area (TPSA) is 65.6 Å². The second-order valence-corrected chi connectivity index (χ2v) is 2.46. The summed E-state index contributed by atoms with van der Waals surface area (Å²) in [6.45, 7) is 2.08. The molecular weight excluding hydrogens is 138 g/mol. The lowest BCUT2D eigenvalue weighted by Crippen LogP contribution is -1.91. The molecule has 1 heterocycles. The molecule has 0 aliphatic carbocycles. The van der Waals surface area contributed by atoms with E-state index in [4.69, 9.17) is 11.0 Å². The van der Waals surface area contributed by atoms with E-state index in [0.29, 0.717) is 11.4 Å². The number of nitrogen functional groups attached to an aromatic ring is 1. The van der Waals surface area contributed by atoms with Gasteiger partial charge in [0.05, 0.1) is 5.69 Å². The van der Waals surface area contributed by atoms with Crippen molar-refractivity contribution in [2.45, 2.75) is 19.8 Å². The largest absolute Gasteiger partial charge is 0.396 e. The van der Waals surface area contributed by atoms with Crippen LogP contribution >= 0.6 is 0 Å². The first-order chi connectivity index (χ1) is 5.29. The van der Waals surface area contributed by atoms with E-state index in [1.165, 1.54) is 0 Å². The highest BCUT2D eigenvalue weighted by atomic mass is 14.8. The quantitative estimate of drug-likeness (QED) is 0.667. The fraction of sp³-hybridized carbons (Fsp3) is 0.375. The fourth-order valence-corrected chi connectivity index (χ4v) is 1.04. The van der Waals surface area contributed by atoms with Gasteiger partial charge in [0, 0.05) is 6.20 Å². The number of aromatic nitrogens is 1. The molecule has 3 N–H and O–H groups in total.